The first-order valence-corrected chi connectivity index (χ1v) is 12.9. The molecule has 0 saturated carbocycles. The van der Waals surface area contributed by atoms with Gasteiger partial charge in [0.1, 0.15) is 5.25 Å². The summed E-state index contributed by atoms with van der Waals surface area (Å²) in [5, 5.41) is 9.56. The molecule has 0 saturated heterocycles. The molecule has 6 heteroatoms. The van der Waals surface area contributed by atoms with Crippen LogP contribution in [0.1, 0.15) is 20.5 Å². The van der Waals surface area contributed by atoms with Crippen molar-refractivity contribution < 1.29 is 9.59 Å². The van der Waals surface area contributed by atoms with Crippen LogP contribution in [-0.2, 0) is 4.79 Å². The monoisotopic (exact) mass is 494 g/mol. The summed E-state index contributed by atoms with van der Waals surface area (Å²) in [6.45, 7) is 0. The Kier molecular flexibility index (Phi) is 6.93. The summed E-state index contributed by atoms with van der Waals surface area (Å²) < 4.78 is 0. The Morgan fingerprint density at radius 3 is 2.34 bits per heavy atom. The van der Waals surface area contributed by atoms with Crippen LogP contribution in [0.5, 0.6) is 0 Å². The van der Waals surface area contributed by atoms with E-state index in [0.29, 0.717) is 10.6 Å². The predicted octanol–water partition coefficient (Wildman–Crippen LogP) is 7.63. The van der Waals surface area contributed by atoms with Gasteiger partial charge in [0.05, 0.1) is 4.88 Å². The molecule has 0 aliphatic rings. The highest BCUT2D eigenvalue weighted by Gasteiger charge is 2.23. The number of carbonyl (C=O) groups excluding carboxylic acids is 2. The highest BCUT2D eigenvalue weighted by molar-refractivity contribution is 8.00. The number of thioether (sulfide) groups is 1. The number of hydrogen-bond donors (Lipinski definition) is 2. The third-order valence-electron chi connectivity index (χ3n) is 5.48. The van der Waals surface area contributed by atoms with Crippen molar-refractivity contribution in [2.75, 3.05) is 10.6 Å². The summed E-state index contributed by atoms with van der Waals surface area (Å²) in [5.41, 5.74) is 2.38. The summed E-state index contributed by atoms with van der Waals surface area (Å²) in [6, 6.07) is 34.9. The van der Waals surface area contributed by atoms with Crippen LogP contribution in [0.25, 0.3) is 10.8 Å². The number of nitrogens with one attached hydrogen (secondary N) is 2. The lowest BCUT2D eigenvalue weighted by Crippen LogP contribution is -2.19. The maximum atomic E-state index is 13.6. The molecule has 4 nitrogen and oxygen atoms in total. The van der Waals surface area contributed by atoms with Crippen molar-refractivity contribution in [3.8, 4) is 0 Å². The second-order valence-electron chi connectivity index (χ2n) is 7.88. The summed E-state index contributed by atoms with van der Waals surface area (Å²) in [4.78, 5) is 27.6. The van der Waals surface area contributed by atoms with E-state index in [-0.39, 0.29) is 11.8 Å². The molecular formula is C29H22N2O2S2. The summed E-state index contributed by atoms with van der Waals surface area (Å²) in [6.07, 6.45) is 0. The molecule has 2 N–H and O–H groups in total. The van der Waals surface area contributed by atoms with E-state index in [9.17, 15) is 9.59 Å². The van der Waals surface area contributed by atoms with Gasteiger partial charge in [-0.1, -0.05) is 78.9 Å². The minimum atomic E-state index is -0.474. The highest BCUT2D eigenvalue weighted by atomic mass is 32.2. The maximum Gasteiger partial charge on any atom is 0.265 e. The molecule has 0 aliphatic carbocycles. The molecule has 0 aliphatic heterocycles. The molecule has 172 valence electrons. The zero-order valence-corrected chi connectivity index (χ0v) is 20.3. The molecule has 1 unspecified atom stereocenters. The van der Waals surface area contributed by atoms with E-state index in [0.717, 1.165) is 26.9 Å². The molecule has 1 heterocycles. The van der Waals surface area contributed by atoms with Crippen LogP contribution < -0.4 is 10.6 Å². The van der Waals surface area contributed by atoms with Crippen molar-refractivity contribution in [3.05, 3.63) is 125 Å². The third kappa shape index (κ3) is 5.45. The highest BCUT2D eigenvalue weighted by Crippen LogP contribution is 2.38. The van der Waals surface area contributed by atoms with E-state index in [1.807, 2.05) is 109 Å². The van der Waals surface area contributed by atoms with Gasteiger partial charge in [-0.3, -0.25) is 9.59 Å². The van der Waals surface area contributed by atoms with E-state index in [4.69, 9.17) is 0 Å². The molecule has 4 aromatic carbocycles. The lowest BCUT2D eigenvalue weighted by molar-refractivity contribution is -0.115. The van der Waals surface area contributed by atoms with Crippen LogP contribution in [0.2, 0.25) is 0 Å². The Balaban J connectivity index is 1.40. The Bertz CT molecular complexity index is 1460. The minimum absolute atomic E-state index is 0.106. The van der Waals surface area contributed by atoms with Crippen LogP contribution in [0.4, 0.5) is 11.4 Å². The average molecular weight is 495 g/mol. The van der Waals surface area contributed by atoms with E-state index in [2.05, 4.69) is 10.6 Å². The standard InChI is InChI=1S/C29H22N2O2S2/c32-28(26-17-8-18-34-26)30-22-13-7-14-23(19-22)35-27(21-10-2-1-3-11-21)29(33)31-25-16-6-12-20-9-4-5-15-24(20)25/h1-19,27H,(H,30,32)(H,31,33). The van der Waals surface area contributed by atoms with E-state index < -0.39 is 5.25 Å². The lowest BCUT2D eigenvalue weighted by atomic mass is 10.1. The zero-order chi connectivity index (χ0) is 24.0. The molecule has 2 amide bonds. The van der Waals surface area contributed by atoms with E-state index >= 15 is 0 Å². The molecule has 0 spiro atoms. The van der Waals surface area contributed by atoms with Crippen LogP contribution in [-0.4, -0.2) is 11.8 Å². The largest absolute Gasteiger partial charge is 0.324 e. The summed E-state index contributed by atoms with van der Waals surface area (Å²) >= 11 is 2.85. The molecule has 1 atom stereocenters. The fraction of sp³-hybridized carbons (Fsp3) is 0.0345. The molecule has 0 fully saturated rings. The Morgan fingerprint density at radius 2 is 1.51 bits per heavy atom. The van der Waals surface area contributed by atoms with Crippen molar-refractivity contribution in [1.82, 2.24) is 0 Å². The number of amides is 2. The van der Waals surface area contributed by atoms with Gasteiger partial charge < -0.3 is 10.6 Å². The molecule has 1 aromatic heterocycles. The van der Waals surface area contributed by atoms with Crippen LogP contribution in [0, 0.1) is 0 Å². The minimum Gasteiger partial charge on any atom is -0.324 e. The lowest BCUT2D eigenvalue weighted by Gasteiger charge is -2.18. The molecule has 0 radical (unpaired) electrons. The van der Waals surface area contributed by atoms with Crippen molar-refractivity contribution in [1.29, 1.82) is 0 Å². The summed E-state index contributed by atoms with van der Waals surface area (Å²) in [5.74, 6) is -0.249. The smallest absolute Gasteiger partial charge is 0.265 e. The Hall–Kier alpha value is -3.87. The van der Waals surface area contributed by atoms with Gasteiger partial charge in [0.2, 0.25) is 5.91 Å². The zero-order valence-electron chi connectivity index (χ0n) is 18.7. The van der Waals surface area contributed by atoms with Gasteiger partial charge in [0, 0.05) is 21.7 Å². The predicted molar refractivity (Wildman–Crippen MR) is 146 cm³/mol. The van der Waals surface area contributed by atoms with Gasteiger partial charge in [0.25, 0.3) is 5.91 Å². The first-order chi connectivity index (χ1) is 17.2. The van der Waals surface area contributed by atoms with Gasteiger partial charge in [-0.15, -0.1) is 23.1 Å². The number of carbonyl (C=O) groups is 2. The molecule has 0 bridgehead atoms. The van der Waals surface area contributed by atoms with E-state index in [1.54, 1.807) is 6.07 Å². The Labute approximate surface area is 212 Å². The number of hydrogen-bond acceptors (Lipinski definition) is 4. The number of benzene rings is 4. The maximum absolute atomic E-state index is 13.6. The number of thiophene rings is 1. The van der Waals surface area contributed by atoms with E-state index in [1.165, 1.54) is 23.1 Å². The second kappa shape index (κ2) is 10.6. The fourth-order valence-corrected chi connectivity index (χ4v) is 5.52. The third-order valence-corrected chi connectivity index (χ3v) is 7.60. The van der Waals surface area contributed by atoms with Gasteiger partial charge in [-0.25, -0.2) is 0 Å². The van der Waals surface area contributed by atoms with Crippen molar-refractivity contribution in [3.63, 3.8) is 0 Å². The van der Waals surface area contributed by atoms with Gasteiger partial charge in [-0.05, 0) is 46.7 Å². The van der Waals surface area contributed by atoms with Crippen LogP contribution in [0.15, 0.2) is 119 Å². The SMILES string of the molecule is O=C(Nc1cccc(SC(C(=O)Nc2cccc3ccccc23)c2ccccc2)c1)c1cccs1. The van der Waals surface area contributed by atoms with Crippen LogP contribution >= 0.6 is 23.1 Å². The van der Waals surface area contributed by atoms with Gasteiger partial charge in [0.15, 0.2) is 0 Å². The van der Waals surface area contributed by atoms with Crippen LogP contribution in [0.3, 0.4) is 0 Å². The second-order valence-corrected chi connectivity index (χ2v) is 10.0. The number of rotatable bonds is 7. The van der Waals surface area contributed by atoms with Gasteiger partial charge in [-0.2, -0.15) is 0 Å². The molecule has 35 heavy (non-hydrogen) atoms. The quantitative estimate of drug-likeness (QED) is 0.229. The number of anilines is 2. The molecule has 5 aromatic rings. The average Bonchev–Trinajstić information content (AvgIpc) is 3.44. The summed E-state index contributed by atoms with van der Waals surface area (Å²) in [7, 11) is 0. The van der Waals surface area contributed by atoms with Gasteiger partial charge >= 0.3 is 0 Å². The van der Waals surface area contributed by atoms with Crippen molar-refractivity contribution >= 4 is 57.1 Å². The molecular weight excluding hydrogens is 472 g/mol. The number of fused-ring (bicyclic) bond motifs is 1. The molecule has 5 rings (SSSR count). The first kappa shape index (κ1) is 22.9. The first-order valence-electron chi connectivity index (χ1n) is 11.1. The Morgan fingerprint density at radius 1 is 0.743 bits per heavy atom. The van der Waals surface area contributed by atoms with Crippen molar-refractivity contribution in [2.24, 2.45) is 0 Å². The normalized spacial score (nSPS) is 11.7. The van der Waals surface area contributed by atoms with Crippen molar-refractivity contribution in [2.45, 2.75) is 10.1 Å². The fourth-order valence-electron chi connectivity index (χ4n) is 3.82. The topological polar surface area (TPSA) is 58.2 Å².